The van der Waals surface area contributed by atoms with Crippen LogP contribution in [0.2, 0.25) is 0 Å². The average Bonchev–Trinajstić information content (AvgIpc) is 2.90. The zero-order valence-electron chi connectivity index (χ0n) is 15.1. The first-order valence-corrected chi connectivity index (χ1v) is 10.4. The van der Waals surface area contributed by atoms with E-state index < -0.39 is 0 Å². The zero-order chi connectivity index (χ0) is 17.9. The Hall–Kier alpha value is -1.87. The van der Waals surface area contributed by atoms with Gasteiger partial charge in [-0.2, -0.15) is 0 Å². The zero-order valence-corrected chi connectivity index (χ0v) is 17.3. The molecule has 0 nitrogen and oxygen atoms in total. The number of rotatable bonds is 1. The summed E-state index contributed by atoms with van der Waals surface area (Å²) in [5.74, 6) is 0. The van der Waals surface area contributed by atoms with Gasteiger partial charge >= 0.3 is 0 Å². The fraction of sp³-hybridized carbons (Fsp3) is 0.200. The normalized spacial score (nSPS) is 17.5. The second-order valence-corrected chi connectivity index (χ2v) is 9.02. The summed E-state index contributed by atoms with van der Waals surface area (Å²) >= 11 is 2.44. The van der Waals surface area contributed by atoms with Gasteiger partial charge in [0.1, 0.15) is 0 Å². The summed E-state index contributed by atoms with van der Waals surface area (Å²) < 4.78 is 1.31. The highest BCUT2D eigenvalue weighted by atomic mass is 127. The molecule has 3 aromatic rings. The molecule has 0 atom stereocenters. The molecule has 0 saturated heterocycles. The smallest absolute Gasteiger partial charge is 0.0209 e. The monoisotopic (exact) mass is 448 g/mol. The first-order valence-electron chi connectivity index (χ1n) is 9.30. The third-order valence-corrected chi connectivity index (χ3v) is 6.98. The molecule has 0 aliphatic heterocycles. The van der Waals surface area contributed by atoms with Gasteiger partial charge in [0.15, 0.2) is 0 Å². The van der Waals surface area contributed by atoms with E-state index in [1.807, 2.05) is 0 Å². The van der Waals surface area contributed by atoms with Crippen LogP contribution in [0.25, 0.3) is 27.5 Å². The highest BCUT2D eigenvalue weighted by Gasteiger charge is 2.37. The molecule has 2 aliphatic rings. The van der Waals surface area contributed by atoms with Gasteiger partial charge in [-0.1, -0.05) is 68.5 Å². The molecule has 0 unspecified atom stereocenters. The van der Waals surface area contributed by atoms with Crippen molar-refractivity contribution in [2.24, 2.45) is 0 Å². The maximum absolute atomic E-state index is 2.44. The molecule has 0 aromatic heterocycles. The Labute approximate surface area is 168 Å². The maximum Gasteiger partial charge on any atom is 0.0209 e. The molecule has 0 heterocycles. The van der Waals surface area contributed by atoms with Crippen molar-refractivity contribution in [2.75, 3.05) is 0 Å². The Morgan fingerprint density at radius 3 is 2.50 bits per heavy atom. The Kier molecular flexibility index (Phi) is 3.65. The molecule has 0 fully saturated rings. The number of hydrogen-bond acceptors (Lipinski definition) is 0. The molecule has 0 bridgehead atoms. The molecule has 128 valence electrons. The molecular weight excluding hydrogens is 427 g/mol. The lowest BCUT2D eigenvalue weighted by Crippen LogP contribution is -2.16. The van der Waals surface area contributed by atoms with Crippen LogP contribution in [0.4, 0.5) is 0 Å². The Morgan fingerprint density at radius 2 is 1.65 bits per heavy atom. The molecule has 0 amide bonds. The van der Waals surface area contributed by atoms with Gasteiger partial charge < -0.3 is 0 Å². The van der Waals surface area contributed by atoms with Crippen molar-refractivity contribution in [1.82, 2.24) is 0 Å². The van der Waals surface area contributed by atoms with E-state index in [-0.39, 0.29) is 5.41 Å². The average molecular weight is 448 g/mol. The first kappa shape index (κ1) is 16.3. The van der Waals surface area contributed by atoms with Crippen LogP contribution >= 0.6 is 22.6 Å². The van der Waals surface area contributed by atoms with E-state index in [0.29, 0.717) is 0 Å². The van der Waals surface area contributed by atoms with E-state index in [1.165, 1.54) is 48.6 Å². The van der Waals surface area contributed by atoms with E-state index in [1.54, 1.807) is 5.57 Å². The lowest BCUT2D eigenvalue weighted by atomic mass is 9.79. The lowest BCUT2D eigenvalue weighted by Gasteiger charge is -2.24. The molecular formula is C25H21I. The molecule has 0 N–H and O–H groups in total. The van der Waals surface area contributed by atoms with E-state index >= 15 is 0 Å². The fourth-order valence-corrected chi connectivity index (χ4v) is 5.33. The minimum absolute atomic E-state index is 0.0939. The molecule has 26 heavy (non-hydrogen) atoms. The quantitative estimate of drug-likeness (QED) is 0.338. The standard InChI is InChI=1S/C25H21I/c1-25(2)22-10-6-5-8-19(22)20-12-11-16(15-23(20)25)17-13-14-24(26)21-9-4-3-7-18(17)21/h3-4,6-7,9-15H,5,8H2,1-2H3. The summed E-state index contributed by atoms with van der Waals surface area (Å²) in [4.78, 5) is 0. The SMILES string of the molecule is CC1(C)C2=C(CCC=C2)c2ccc(-c3ccc(I)c4ccccc34)cc21. The number of hydrogen-bond donors (Lipinski definition) is 0. The first-order chi connectivity index (χ1) is 12.6. The highest BCUT2D eigenvalue weighted by molar-refractivity contribution is 14.1. The summed E-state index contributed by atoms with van der Waals surface area (Å²) in [6, 6.07) is 20.4. The van der Waals surface area contributed by atoms with Gasteiger partial charge in [0, 0.05) is 8.99 Å². The van der Waals surface area contributed by atoms with Crippen molar-refractivity contribution in [3.63, 3.8) is 0 Å². The maximum atomic E-state index is 2.44. The summed E-state index contributed by atoms with van der Waals surface area (Å²) in [5.41, 5.74) is 8.78. The Bertz CT molecular complexity index is 1110. The summed E-state index contributed by atoms with van der Waals surface area (Å²) in [6.07, 6.45) is 7.03. The van der Waals surface area contributed by atoms with E-state index in [9.17, 15) is 0 Å². The Morgan fingerprint density at radius 1 is 0.885 bits per heavy atom. The summed E-state index contributed by atoms with van der Waals surface area (Å²) in [7, 11) is 0. The van der Waals surface area contributed by atoms with E-state index in [4.69, 9.17) is 0 Å². The van der Waals surface area contributed by atoms with Crippen molar-refractivity contribution in [2.45, 2.75) is 32.1 Å². The van der Waals surface area contributed by atoms with Crippen LogP contribution in [0.3, 0.4) is 0 Å². The second-order valence-electron chi connectivity index (χ2n) is 7.86. The van der Waals surface area contributed by atoms with Gasteiger partial charge in [0.25, 0.3) is 0 Å². The van der Waals surface area contributed by atoms with E-state index in [2.05, 4.69) is 103 Å². The minimum atomic E-state index is 0.0939. The molecule has 0 saturated carbocycles. The van der Waals surface area contributed by atoms with Crippen LogP contribution in [0.1, 0.15) is 37.8 Å². The van der Waals surface area contributed by atoms with Crippen molar-refractivity contribution >= 4 is 38.9 Å². The molecule has 3 aromatic carbocycles. The summed E-state index contributed by atoms with van der Waals surface area (Å²) in [5, 5.41) is 2.68. The van der Waals surface area contributed by atoms with Gasteiger partial charge in [-0.25, -0.2) is 0 Å². The van der Waals surface area contributed by atoms with Crippen LogP contribution in [-0.2, 0) is 5.41 Å². The predicted octanol–water partition coefficient (Wildman–Crippen LogP) is 7.51. The van der Waals surface area contributed by atoms with Crippen molar-refractivity contribution in [1.29, 1.82) is 0 Å². The second kappa shape index (κ2) is 5.82. The number of allylic oxidation sites excluding steroid dienone is 4. The Balaban J connectivity index is 1.73. The van der Waals surface area contributed by atoms with Crippen molar-refractivity contribution in [3.05, 3.63) is 87.0 Å². The van der Waals surface area contributed by atoms with Crippen LogP contribution in [-0.4, -0.2) is 0 Å². The van der Waals surface area contributed by atoms with Crippen LogP contribution < -0.4 is 0 Å². The minimum Gasteiger partial charge on any atom is -0.0839 e. The van der Waals surface area contributed by atoms with Crippen LogP contribution in [0.5, 0.6) is 0 Å². The van der Waals surface area contributed by atoms with Gasteiger partial charge in [-0.3, -0.25) is 0 Å². The number of halogens is 1. The van der Waals surface area contributed by atoms with Crippen LogP contribution in [0.15, 0.2) is 72.3 Å². The van der Waals surface area contributed by atoms with Crippen molar-refractivity contribution in [3.8, 4) is 11.1 Å². The lowest BCUT2D eigenvalue weighted by molar-refractivity contribution is 0.651. The highest BCUT2D eigenvalue weighted by Crippen LogP contribution is 2.50. The fourth-order valence-electron chi connectivity index (χ4n) is 4.68. The third kappa shape index (κ3) is 2.26. The summed E-state index contributed by atoms with van der Waals surface area (Å²) in [6.45, 7) is 4.75. The molecule has 5 rings (SSSR count). The predicted molar refractivity (Wildman–Crippen MR) is 120 cm³/mol. The van der Waals surface area contributed by atoms with Gasteiger partial charge in [-0.15, -0.1) is 0 Å². The topological polar surface area (TPSA) is 0 Å². The third-order valence-electron chi connectivity index (χ3n) is 6.04. The van der Waals surface area contributed by atoms with Gasteiger partial charge in [0.05, 0.1) is 0 Å². The van der Waals surface area contributed by atoms with Crippen molar-refractivity contribution < 1.29 is 0 Å². The van der Waals surface area contributed by atoms with Gasteiger partial charge in [0.2, 0.25) is 0 Å². The van der Waals surface area contributed by atoms with Gasteiger partial charge in [-0.05, 0) is 91.7 Å². The largest absolute Gasteiger partial charge is 0.0839 e. The molecule has 1 heteroatoms. The number of benzene rings is 3. The molecule has 0 radical (unpaired) electrons. The molecule has 2 aliphatic carbocycles. The van der Waals surface area contributed by atoms with E-state index in [0.717, 1.165) is 6.42 Å². The molecule has 0 spiro atoms. The van der Waals surface area contributed by atoms with Crippen LogP contribution in [0, 0.1) is 3.57 Å². The number of fused-ring (bicyclic) bond motifs is 3.